The third-order valence-corrected chi connectivity index (χ3v) is 11.7. The highest BCUT2D eigenvalue weighted by Gasteiger charge is 2.27. The van der Waals surface area contributed by atoms with Crippen molar-refractivity contribution in [2.45, 2.75) is 125 Å². The van der Waals surface area contributed by atoms with Crippen LogP contribution in [-0.4, -0.2) is 30.6 Å². The van der Waals surface area contributed by atoms with E-state index in [0.717, 1.165) is 19.3 Å². The highest BCUT2D eigenvalue weighted by Crippen LogP contribution is 2.57. The Kier molecular flexibility index (Phi) is 25.4. The minimum atomic E-state index is -0.914. The first-order valence-corrected chi connectivity index (χ1v) is 15.2. The van der Waals surface area contributed by atoms with Crippen LogP contribution in [0.2, 0.25) is 0 Å². The summed E-state index contributed by atoms with van der Waals surface area (Å²) in [4.78, 5) is 10.2. The van der Waals surface area contributed by atoms with Crippen LogP contribution in [0.3, 0.4) is 0 Å². The SMILES string of the molecule is CCCCCCCCC=CCCCCCCCC(=O)[O-].CC[P+](CC)(CC)CC. The van der Waals surface area contributed by atoms with Crippen LogP contribution in [0.1, 0.15) is 125 Å². The second-order valence-corrected chi connectivity index (χ2v) is 13.5. The van der Waals surface area contributed by atoms with Crippen LogP contribution >= 0.6 is 7.26 Å². The van der Waals surface area contributed by atoms with Crippen LogP contribution in [0.5, 0.6) is 0 Å². The molecule has 0 aliphatic carbocycles. The Morgan fingerprint density at radius 1 is 0.621 bits per heavy atom. The lowest BCUT2D eigenvalue weighted by molar-refractivity contribution is -0.305. The standard InChI is InChI=1S/C18H34O2.C8H20P/c1-2-3-4-5-6-7-8-9-10-11-12-13-14-15-16-17-18(19)20;1-5-9(6-2,7-3)8-4/h9-10H,2-8,11-17H2,1H3,(H,19,20);5-8H2,1-4H3/q;+1/p-1. The third kappa shape index (κ3) is 22.2. The van der Waals surface area contributed by atoms with Gasteiger partial charge in [0.15, 0.2) is 0 Å². The number of carboxylic acids is 1. The monoisotopic (exact) mass is 428 g/mol. The highest BCUT2D eigenvalue weighted by atomic mass is 31.2. The van der Waals surface area contributed by atoms with Gasteiger partial charge in [-0.1, -0.05) is 70.4 Å². The van der Waals surface area contributed by atoms with Gasteiger partial charge in [0, 0.05) is 13.2 Å². The fourth-order valence-electron chi connectivity index (χ4n) is 3.68. The van der Waals surface area contributed by atoms with Crippen molar-refractivity contribution in [3.05, 3.63) is 12.2 Å². The molecule has 3 heteroatoms. The number of carboxylic acid groups (broad SMARTS) is 1. The van der Waals surface area contributed by atoms with Gasteiger partial charge in [-0.15, -0.1) is 0 Å². The summed E-state index contributed by atoms with van der Waals surface area (Å²) < 4.78 is 0. The Morgan fingerprint density at radius 2 is 1.00 bits per heavy atom. The molecule has 174 valence electrons. The molecule has 0 amide bonds. The summed E-state index contributed by atoms with van der Waals surface area (Å²) in [5, 5.41) is 10.2. The molecule has 0 heterocycles. The first kappa shape index (κ1) is 30.8. The molecule has 0 rings (SSSR count). The second kappa shape index (κ2) is 23.9. The summed E-state index contributed by atoms with van der Waals surface area (Å²) in [7, 11) is -0.420. The van der Waals surface area contributed by atoms with Crippen molar-refractivity contribution in [2.75, 3.05) is 24.6 Å². The number of hydrogen-bond acceptors (Lipinski definition) is 2. The number of carbonyl (C=O) groups is 1. The summed E-state index contributed by atoms with van der Waals surface area (Å²) >= 11 is 0. The predicted octanol–water partition coefficient (Wildman–Crippen LogP) is 7.86. The largest absolute Gasteiger partial charge is 0.550 e. The van der Waals surface area contributed by atoms with Crippen LogP contribution in [0.25, 0.3) is 0 Å². The molecular formula is C26H53O2P. The maximum Gasteiger partial charge on any atom is 0.0565 e. The molecule has 0 spiro atoms. The number of hydrogen-bond donors (Lipinski definition) is 0. The van der Waals surface area contributed by atoms with Gasteiger partial charge in [-0.2, -0.15) is 0 Å². The molecule has 29 heavy (non-hydrogen) atoms. The third-order valence-electron chi connectivity index (χ3n) is 6.33. The molecule has 0 saturated heterocycles. The molecule has 0 aromatic rings. The van der Waals surface area contributed by atoms with Crippen LogP contribution in [0.15, 0.2) is 12.2 Å². The van der Waals surface area contributed by atoms with Crippen molar-refractivity contribution in [1.82, 2.24) is 0 Å². The van der Waals surface area contributed by atoms with Gasteiger partial charge in [-0.05, 0) is 66.2 Å². The molecule has 0 saturated carbocycles. The van der Waals surface area contributed by atoms with E-state index in [0.29, 0.717) is 0 Å². The summed E-state index contributed by atoms with van der Waals surface area (Å²) in [6, 6.07) is 0. The van der Waals surface area contributed by atoms with Gasteiger partial charge in [0.2, 0.25) is 0 Å². The lowest BCUT2D eigenvalue weighted by Gasteiger charge is -2.20. The molecule has 0 atom stereocenters. The Hall–Kier alpha value is -0.360. The Bertz CT molecular complexity index is 344. The van der Waals surface area contributed by atoms with E-state index in [1.807, 2.05) is 0 Å². The highest BCUT2D eigenvalue weighted by molar-refractivity contribution is 7.75. The molecule has 0 fully saturated rings. The Balaban J connectivity index is 0. The molecule has 0 unspecified atom stereocenters. The molecular weight excluding hydrogens is 375 g/mol. The van der Waals surface area contributed by atoms with Gasteiger partial charge in [-0.3, -0.25) is 0 Å². The quantitative estimate of drug-likeness (QED) is 0.119. The van der Waals surface area contributed by atoms with Crippen LogP contribution in [0.4, 0.5) is 0 Å². The molecule has 0 bridgehead atoms. The van der Waals surface area contributed by atoms with Gasteiger partial charge >= 0.3 is 0 Å². The summed E-state index contributed by atoms with van der Waals surface area (Å²) in [5.74, 6) is -0.914. The van der Waals surface area contributed by atoms with E-state index in [2.05, 4.69) is 46.8 Å². The average molecular weight is 429 g/mol. The number of allylic oxidation sites excluding steroid dienone is 2. The molecule has 0 aromatic carbocycles. The smallest absolute Gasteiger partial charge is 0.0565 e. The molecule has 0 aliphatic heterocycles. The fraction of sp³-hybridized carbons (Fsp3) is 0.885. The van der Waals surface area contributed by atoms with Gasteiger partial charge in [0.1, 0.15) is 0 Å². The summed E-state index contributed by atoms with van der Waals surface area (Å²) in [6.07, 6.45) is 26.7. The van der Waals surface area contributed by atoms with Gasteiger partial charge in [0.05, 0.1) is 24.6 Å². The van der Waals surface area contributed by atoms with Crippen molar-refractivity contribution in [2.24, 2.45) is 0 Å². The lowest BCUT2D eigenvalue weighted by atomic mass is 10.1. The molecule has 0 aliphatic rings. The maximum atomic E-state index is 10.2. The van der Waals surface area contributed by atoms with E-state index >= 15 is 0 Å². The van der Waals surface area contributed by atoms with Crippen molar-refractivity contribution >= 4 is 13.2 Å². The van der Waals surface area contributed by atoms with E-state index in [1.165, 1.54) is 88.9 Å². The number of carbonyl (C=O) groups excluding carboxylic acids is 1. The molecule has 0 aromatic heterocycles. The second-order valence-electron chi connectivity index (χ2n) is 8.31. The molecule has 0 N–H and O–H groups in total. The summed E-state index contributed by atoms with van der Waals surface area (Å²) in [5.41, 5.74) is 0. The van der Waals surface area contributed by atoms with Crippen LogP contribution in [0, 0.1) is 0 Å². The van der Waals surface area contributed by atoms with E-state index in [1.54, 1.807) is 0 Å². The van der Waals surface area contributed by atoms with Crippen molar-refractivity contribution < 1.29 is 9.90 Å². The fourth-order valence-corrected chi connectivity index (χ4v) is 6.36. The average Bonchev–Trinajstić information content (AvgIpc) is 2.73. The molecule has 0 radical (unpaired) electrons. The normalized spacial score (nSPS) is 11.5. The van der Waals surface area contributed by atoms with Crippen molar-refractivity contribution in [3.63, 3.8) is 0 Å². The van der Waals surface area contributed by atoms with Crippen molar-refractivity contribution in [3.8, 4) is 0 Å². The minimum Gasteiger partial charge on any atom is -0.550 e. The zero-order valence-corrected chi connectivity index (χ0v) is 21.5. The maximum absolute atomic E-state index is 10.2. The zero-order valence-electron chi connectivity index (χ0n) is 20.6. The van der Waals surface area contributed by atoms with Gasteiger partial charge in [-0.25, -0.2) is 0 Å². The van der Waals surface area contributed by atoms with Gasteiger partial charge in [0.25, 0.3) is 0 Å². The van der Waals surface area contributed by atoms with E-state index in [-0.39, 0.29) is 6.42 Å². The first-order chi connectivity index (χ1) is 14.0. The topological polar surface area (TPSA) is 40.1 Å². The van der Waals surface area contributed by atoms with Gasteiger partial charge < -0.3 is 9.90 Å². The Morgan fingerprint density at radius 3 is 1.34 bits per heavy atom. The van der Waals surface area contributed by atoms with Crippen molar-refractivity contribution in [1.29, 1.82) is 0 Å². The first-order valence-electron chi connectivity index (χ1n) is 12.7. The number of aliphatic carboxylic acids is 1. The Labute approximate surface area is 184 Å². The van der Waals surface area contributed by atoms with E-state index in [4.69, 9.17) is 0 Å². The van der Waals surface area contributed by atoms with E-state index < -0.39 is 13.2 Å². The minimum absolute atomic E-state index is 0.220. The molecule has 2 nitrogen and oxygen atoms in total. The lowest BCUT2D eigenvalue weighted by Crippen LogP contribution is -2.21. The summed E-state index contributed by atoms with van der Waals surface area (Å²) in [6.45, 7) is 11.7. The van der Waals surface area contributed by atoms with E-state index in [9.17, 15) is 9.90 Å². The number of rotatable bonds is 19. The van der Waals surface area contributed by atoms with Crippen LogP contribution in [-0.2, 0) is 4.79 Å². The van der Waals surface area contributed by atoms with Crippen LogP contribution < -0.4 is 5.11 Å². The number of unbranched alkanes of at least 4 members (excludes halogenated alkanes) is 11. The zero-order chi connectivity index (χ0) is 22.2. The predicted molar refractivity (Wildman–Crippen MR) is 134 cm³/mol.